The van der Waals surface area contributed by atoms with Crippen LogP contribution >= 0.6 is 0 Å². The van der Waals surface area contributed by atoms with Crippen LogP contribution in [0.2, 0.25) is 0 Å². The average molecular weight is 295 g/mol. The molecule has 0 saturated carbocycles. The van der Waals surface area contributed by atoms with Gasteiger partial charge < -0.3 is 4.74 Å². The standard InChI is InChI=1S/C15H13N3O.CO2/c1-19-14-9-7-12(8-10-14)15-11-18(17-16-15)13-5-3-2-4-6-13;2-1-3/h2-11H,1H3;. The summed E-state index contributed by atoms with van der Waals surface area (Å²) in [6.45, 7) is 0. The number of carbonyl (C=O) groups excluding carboxylic acids is 2. The molecule has 0 aliphatic heterocycles. The number of para-hydroxylation sites is 1. The van der Waals surface area contributed by atoms with Gasteiger partial charge in [0.15, 0.2) is 0 Å². The van der Waals surface area contributed by atoms with Gasteiger partial charge in [-0.3, -0.25) is 0 Å². The maximum atomic E-state index is 8.12. The molecular formula is C16H13N3O3. The summed E-state index contributed by atoms with van der Waals surface area (Å²) in [6, 6.07) is 17.7. The van der Waals surface area contributed by atoms with Crippen LogP contribution in [0.25, 0.3) is 16.9 Å². The lowest BCUT2D eigenvalue weighted by Crippen LogP contribution is -1.93. The van der Waals surface area contributed by atoms with Crippen molar-refractivity contribution in [2.24, 2.45) is 0 Å². The Balaban J connectivity index is 0.000000545. The Morgan fingerprint density at radius 3 is 2.23 bits per heavy atom. The molecule has 6 nitrogen and oxygen atoms in total. The lowest BCUT2D eigenvalue weighted by atomic mass is 10.1. The fourth-order valence-electron chi connectivity index (χ4n) is 1.86. The second-order valence-corrected chi connectivity index (χ2v) is 4.20. The van der Waals surface area contributed by atoms with Crippen LogP contribution in [-0.2, 0) is 9.59 Å². The summed E-state index contributed by atoms with van der Waals surface area (Å²) in [6.07, 6.45) is 2.16. The van der Waals surface area contributed by atoms with Gasteiger partial charge in [-0.1, -0.05) is 23.4 Å². The predicted molar refractivity (Wildman–Crippen MR) is 78.4 cm³/mol. The van der Waals surface area contributed by atoms with E-state index in [1.165, 1.54) is 0 Å². The van der Waals surface area contributed by atoms with Gasteiger partial charge in [-0.2, -0.15) is 9.59 Å². The van der Waals surface area contributed by atoms with Gasteiger partial charge in [0.1, 0.15) is 11.4 Å². The third-order valence-electron chi connectivity index (χ3n) is 2.90. The summed E-state index contributed by atoms with van der Waals surface area (Å²) in [7, 11) is 1.65. The van der Waals surface area contributed by atoms with Crippen LogP contribution in [-0.4, -0.2) is 28.3 Å². The molecule has 22 heavy (non-hydrogen) atoms. The number of benzene rings is 2. The van der Waals surface area contributed by atoms with E-state index in [9.17, 15) is 0 Å². The molecule has 0 N–H and O–H groups in total. The van der Waals surface area contributed by atoms with Crippen molar-refractivity contribution < 1.29 is 14.3 Å². The zero-order valence-corrected chi connectivity index (χ0v) is 11.8. The second kappa shape index (κ2) is 7.52. The summed E-state index contributed by atoms with van der Waals surface area (Å²) in [4.78, 5) is 16.2. The molecule has 0 amide bonds. The van der Waals surface area contributed by atoms with E-state index in [2.05, 4.69) is 10.3 Å². The first kappa shape index (κ1) is 15.2. The van der Waals surface area contributed by atoms with Crippen molar-refractivity contribution in [3.05, 3.63) is 60.8 Å². The van der Waals surface area contributed by atoms with Crippen LogP contribution in [0.4, 0.5) is 0 Å². The van der Waals surface area contributed by atoms with Crippen molar-refractivity contribution in [3.8, 4) is 22.7 Å². The molecule has 0 radical (unpaired) electrons. The van der Waals surface area contributed by atoms with Crippen LogP contribution in [0, 0.1) is 0 Å². The Morgan fingerprint density at radius 2 is 1.64 bits per heavy atom. The molecular weight excluding hydrogens is 282 g/mol. The van der Waals surface area contributed by atoms with Crippen LogP contribution in [0.1, 0.15) is 0 Å². The number of nitrogens with zero attached hydrogens (tertiary/aromatic N) is 3. The lowest BCUT2D eigenvalue weighted by Gasteiger charge is -2.00. The Hall–Kier alpha value is -3.24. The van der Waals surface area contributed by atoms with Crippen molar-refractivity contribution in [2.45, 2.75) is 0 Å². The number of methoxy groups -OCH3 is 1. The predicted octanol–water partition coefficient (Wildman–Crippen LogP) is 2.36. The minimum absolute atomic E-state index is 0.250. The molecule has 0 saturated heterocycles. The SMILES string of the molecule is COc1ccc(-c2cn(-c3ccccc3)nn2)cc1.O=C=O. The quantitative estimate of drug-likeness (QED) is 0.741. The van der Waals surface area contributed by atoms with E-state index in [4.69, 9.17) is 14.3 Å². The van der Waals surface area contributed by atoms with Gasteiger partial charge in [0.05, 0.1) is 19.0 Å². The van der Waals surface area contributed by atoms with Crippen LogP contribution < -0.4 is 4.74 Å². The highest BCUT2D eigenvalue weighted by molar-refractivity contribution is 5.59. The molecule has 0 aliphatic carbocycles. The smallest absolute Gasteiger partial charge is 0.373 e. The first-order chi connectivity index (χ1) is 10.8. The van der Waals surface area contributed by atoms with Gasteiger partial charge in [0.2, 0.25) is 0 Å². The minimum atomic E-state index is 0.250. The van der Waals surface area contributed by atoms with E-state index in [1.54, 1.807) is 11.8 Å². The summed E-state index contributed by atoms with van der Waals surface area (Å²) in [5.41, 5.74) is 2.85. The van der Waals surface area contributed by atoms with E-state index in [0.29, 0.717) is 0 Å². The number of hydrogen-bond donors (Lipinski definition) is 0. The summed E-state index contributed by atoms with van der Waals surface area (Å²) in [5.74, 6) is 0.833. The number of aromatic nitrogens is 3. The highest BCUT2D eigenvalue weighted by Gasteiger charge is 2.05. The van der Waals surface area contributed by atoms with E-state index in [-0.39, 0.29) is 6.15 Å². The highest BCUT2D eigenvalue weighted by atomic mass is 16.5. The van der Waals surface area contributed by atoms with E-state index >= 15 is 0 Å². The molecule has 3 rings (SSSR count). The van der Waals surface area contributed by atoms with Gasteiger partial charge in [0, 0.05) is 5.56 Å². The first-order valence-electron chi connectivity index (χ1n) is 6.40. The molecule has 0 aliphatic rings. The maximum Gasteiger partial charge on any atom is 0.373 e. The molecule has 0 fully saturated rings. The maximum absolute atomic E-state index is 8.12. The van der Waals surface area contributed by atoms with Crippen molar-refractivity contribution in [1.82, 2.24) is 15.0 Å². The third-order valence-corrected chi connectivity index (χ3v) is 2.90. The zero-order valence-electron chi connectivity index (χ0n) is 11.8. The molecule has 0 unspecified atom stereocenters. The Bertz CT molecular complexity index is 746. The van der Waals surface area contributed by atoms with E-state index in [1.807, 2.05) is 60.8 Å². The fraction of sp³-hybridized carbons (Fsp3) is 0.0625. The van der Waals surface area contributed by atoms with Gasteiger partial charge in [-0.25, -0.2) is 4.68 Å². The van der Waals surface area contributed by atoms with Gasteiger partial charge in [0.25, 0.3) is 0 Å². The van der Waals surface area contributed by atoms with Crippen LogP contribution in [0.3, 0.4) is 0 Å². The topological polar surface area (TPSA) is 74.1 Å². The lowest BCUT2D eigenvalue weighted by molar-refractivity contribution is -0.191. The van der Waals surface area contributed by atoms with Crippen LogP contribution in [0.15, 0.2) is 60.8 Å². The van der Waals surface area contributed by atoms with Crippen molar-refractivity contribution >= 4 is 6.15 Å². The molecule has 3 aromatic rings. The fourth-order valence-corrected chi connectivity index (χ4v) is 1.86. The van der Waals surface area contributed by atoms with E-state index in [0.717, 1.165) is 22.7 Å². The summed E-state index contributed by atoms with van der Waals surface area (Å²) < 4.78 is 6.90. The Kier molecular flexibility index (Phi) is 5.18. The number of rotatable bonds is 3. The van der Waals surface area contributed by atoms with Crippen LogP contribution in [0.5, 0.6) is 5.75 Å². The Morgan fingerprint density at radius 1 is 1.00 bits per heavy atom. The molecule has 1 aromatic heterocycles. The third kappa shape index (κ3) is 3.65. The Labute approximate surface area is 127 Å². The number of hydrogen-bond acceptors (Lipinski definition) is 5. The molecule has 0 atom stereocenters. The second-order valence-electron chi connectivity index (χ2n) is 4.20. The van der Waals surface area contributed by atoms with Crippen molar-refractivity contribution in [1.29, 1.82) is 0 Å². The van der Waals surface area contributed by atoms with Gasteiger partial charge in [-0.15, -0.1) is 5.10 Å². The largest absolute Gasteiger partial charge is 0.497 e. The molecule has 2 aromatic carbocycles. The van der Waals surface area contributed by atoms with Crippen molar-refractivity contribution in [2.75, 3.05) is 7.11 Å². The van der Waals surface area contributed by atoms with Gasteiger partial charge in [-0.05, 0) is 36.4 Å². The molecule has 1 heterocycles. The molecule has 0 spiro atoms. The molecule has 110 valence electrons. The highest BCUT2D eigenvalue weighted by Crippen LogP contribution is 2.20. The van der Waals surface area contributed by atoms with Crippen molar-refractivity contribution in [3.63, 3.8) is 0 Å². The monoisotopic (exact) mass is 295 g/mol. The van der Waals surface area contributed by atoms with E-state index < -0.39 is 0 Å². The normalized spacial score (nSPS) is 9.32. The summed E-state index contributed by atoms with van der Waals surface area (Å²) in [5, 5.41) is 8.33. The molecule has 0 bridgehead atoms. The zero-order chi connectivity index (χ0) is 15.8. The minimum Gasteiger partial charge on any atom is -0.497 e. The van der Waals surface area contributed by atoms with Gasteiger partial charge >= 0.3 is 6.15 Å². The average Bonchev–Trinajstić information content (AvgIpc) is 3.06. The molecule has 6 heteroatoms. The summed E-state index contributed by atoms with van der Waals surface area (Å²) >= 11 is 0. The number of ether oxygens (including phenoxy) is 1. The first-order valence-corrected chi connectivity index (χ1v) is 6.40.